The zero-order valence-corrected chi connectivity index (χ0v) is 11.2. The molecule has 0 spiro atoms. The first-order valence-corrected chi connectivity index (χ1v) is 7.07. The SMILES string of the molecule is CC1(CC(CCCCCCC2CO2)C(=O)O)CO1. The zero-order valence-electron chi connectivity index (χ0n) is 11.2. The van der Waals surface area contributed by atoms with E-state index in [-0.39, 0.29) is 11.5 Å². The van der Waals surface area contributed by atoms with Crippen LogP contribution in [0, 0.1) is 5.92 Å². The van der Waals surface area contributed by atoms with Crippen LogP contribution in [-0.2, 0) is 14.3 Å². The van der Waals surface area contributed by atoms with Crippen LogP contribution in [-0.4, -0.2) is 36.0 Å². The quantitative estimate of drug-likeness (QED) is 0.482. The highest BCUT2D eigenvalue weighted by atomic mass is 16.6. The highest BCUT2D eigenvalue weighted by Gasteiger charge is 2.42. The van der Waals surface area contributed by atoms with E-state index >= 15 is 0 Å². The van der Waals surface area contributed by atoms with Crippen molar-refractivity contribution >= 4 is 5.97 Å². The van der Waals surface area contributed by atoms with Gasteiger partial charge in [0.1, 0.15) is 0 Å². The van der Waals surface area contributed by atoms with Crippen molar-refractivity contribution in [3.05, 3.63) is 0 Å². The standard InChI is InChI=1S/C14H24O4/c1-14(10-18-14)8-11(13(15)16)6-4-2-3-5-7-12-9-17-12/h11-12H,2-10H2,1H3,(H,15,16). The van der Waals surface area contributed by atoms with Crippen LogP contribution >= 0.6 is 0 Å². The molecular formula is C14H24O4. The van der Waals surface area contributed by atoms with E-state index in [9.17, 15) is 9.90 Å². The summed E-state index contributed by atoms with van der Waals surface area (Å²) in [6, 6.07) is 0. The van der Waals surface area contributed by atoms with Gasteiger partial charge in [-0.2, -0.15) is 0 Å². The summed E-state index contributed by atoms with van der Waals surface area (Å²) in [6.07, 6.45) is 7.71. The average Bonchev–Trinajstić information content (AvgIpc) is 3.20. The Morgan fingerprint density at radius 3 is 2.61 bits per heavy atom. The van der Waals surface area contributed by atoms with Crippen molar-refractivity contribution in [2.24, 2.45) is 5.92 Å². The fourth-order valence-corrected chi connectivity index (χ4v) is 2.43. The highest BCUT2D eigenvalue weighted by molar-refractivity contribution is 5.70. The summed E-state index contributed by atoms with van der Waals surface area (Å²) in [5.41, 5.74) is -0.146. The molecule has 0 aromatic rings. The van der Waals surface area contributed by atoms with Gasteiger partial charge in [-0.15, -0.1) is 0 Å². The molecule has 0 aromatic heterocycles. The minimum absolute atomic E-state index is 0.146. The molecule has 104 valence electrons. The van der Waals surface area contributed by atoms with E-state index in [4.69, 9.17) is 9.47 Å². The molecule has 2 fully saturated rings. The van der Waals surface area contributed by atoms with Crippen molar-refractivity contribution in [3.8, 4) is 0 Å². The molecule has 2 rings (SSSR count). The van der Waals surface area contributed by atoms with Gasteiger partial charge in [0, 0.05) is 0 Å². The molecule has 2 saturated heterocycles. The lowest BCUT2D eigenvalue weighted by Gasteiger charge is -2.14. The summed E-state index contributed by atoms with van der Waals surface area (Å²) in [6.45, 7) is 3.66. The van der Waals surface area contributed by atoms with Gasteiger partial charge in [-0.25, -0.2) is 0 Å². The Bertz CT molecular complexity index is 282. The monoisotopic (exact) mass is 256 g/mol. The molecular weight excluding hydrogens is 232 g/mol. The van der Waals surface area contributed by atoms with E-state index in [2.05, 4.69) is 0 Å². The molecule has 0 saturated carbocycles. The van der Waals surface area contributed by atoms with Crippen molar-refractivity contribution in [2.45, 2.75) is 63.6 Å². The second kappa shape index (κ2) is 6.02. The normalized spacial score (nSPS) is 31.1. The van der Waals surface area contributed by atoms with Crippen LogP contribution in [0.4, 0.5) is 0 Å². The van der Waals surface area contributed by atoms with Crippen molar-refractivity contribution < 1.29 is 19.4 Å². The fraction of sp³-hybridized carbons (Fsp3) is 0.929. The van der Waals surface area contributed by atoms with E-state index in [1.807, 2.05) is 6.92 Å². The summed E-state index contributed by atoms with van der Waals surface area (Å²) in [7, 11) is 0. The summed E-state index contributed by atoms with van der Waals surface area (Å²) < 4.78 is 10.4. The predicted molar refractivity (Wildman–Crippen MR) is 67.5 cm³/mol. The topological polar surface area (TPSA) is 62.4 Å². The number of carboxylic acids is 1. The van der Waals surface area contributed by atoms with Crippen LogP contribution in [0.5, 0.6) is 0 Å². The summed E-state index contributed by atoms with van der Waals surface area (Å²) in [5, 5.41) is 9.18. The number of carboxylic acid groups (broad SMARTS) is 1. The van der Waals surface area contributed by atoms with E-state index in [0.29, 0.717) is 12.5 Å². The third-order valence-electron chi connectivity index (χ3n) is 3.90. The number of ether oxygens (including phenoxy) is 2. The number of epoxide rings is 2. The number of hydrogen-bond acceptors (Lipinski definition) is 3. The number of hydrogen-bond donors (Lipinski definition) is 1. The van der Waals surface area contributed by atoms with Crippen LogP contribution in [0.15, 0.2) is 0 Å². The summed E-state index contributed by atoms with van der Waals surface area (Å²) >= 11 is 0. The van der Waals surface area contributed by atoms with E-state index < -0.39 is 5.97 Å². The second-order valence-corrected chi connectivity index (χ2v) is 5.92. The van der Waals surface area contributed by atoms with E-state index in [1.54, 1.807) is 0 Å². The first kappa shape index (κ1) is 13.8. The van der Waals surface area contributed by atoms with Crippen molar-refractivity contribution in [1.82, 2.24) is 0 Å². The first-order valence-electron chi connectivity index (χ1n) is 7.07. The zero-order chi connectivity index (χ0) is 13.0. The molecule has 0 amide bonds. The molecule has 2 aliphatic heterocycles. The maximum absolute atomic E-state index is 11.2. The molecule has 0 aromatic carbocycles. The third kappa shape index (κ3) is 4.94. The second-order valence-electron chi connectivity index (χ2n) is 5.92. The molecule has 0 bridgehead atoms. The van der Waals surface area contributed by atoms with Crippen molar-refractivity contribution in [1.29, 1.82) is 0 Å². The molecule has 4 nitrogen and oxygen atoms in total. The number of unbranched alkanes of at least 4 members (excludes halogenated alkanes) is 3. The molecule has 1 N–H and O–H groups in total. The molecule has 4 heteroatoms. The molecule has 2 heterocycles. The number of rotatable bonds is 10. The molecule has 18 heavy (non-hydrogen) atoms. The van der Waals surface area contributed by atoms with Gasteiger partial charge in [0.25, 0.3) is 0 Å². The third-order valence-corrected chi connectivity index (χ3v) is 3.90. The minimum Gasteiger partial charge on any atom is -0.481 e. The Morgan fingerprint density at radius 1 is 1.39 bits per heavy atom. The Balaban J connectivity index is 1.52. The summed E-state index contributed by atoms with van der Waals surface area (Å²) in [4.78, 5) is 11.2. The summed E-state index contributed by atoms with van der Waals surface area (Å²) in [5.74, 6) is -0.901. The first-order chi connectivity index (χ1) is 8.59. The van der Waals surface area contributed by atoms with Gasteiger partial charge in [-0.05, 0) is 26.2 Å². The van der Waals surface area contributed by atoms with Gasteiger partial charge < -0.3 is 14.6 Å². The smallest absolute Gasteiger partial charge is 0.306 e. The Labute approximate surface area is 109 Å². The van der Waals surface area contributed by atoms with Crippen molar-refractivity contribution in [3.63, 3.8) is 0 Å². The van der Waals surface area contributed by atoms with Gasteiger partial charge in [0.2, 0.25) is 0 Å². The van der Waals surface area contributed by atoms with E-state index in [1.165, 1.54) is 19.3 Å². The van der Waals surface area contributed by atoms with Crippen LogP contribution in [0.25, 0.3) is 0 Å². The van der Waals surface area contributed by atoms with Gasteiger partial charge >= 0.3 is 5.97 Å². The maximum Gasteiger partial charge on any atom is 0.306 e. The lowest BCUT2D eigenvalue weighted by molar-refractivity contribution is -0.142. The maximum atomic E-state index is 11.2. The molecule has 3 unspecified atom stereocenters. The van der Waals surface area contributed by atoms with Crippen molar-refractivity contribution in [2.75, 3.05) is 13.2 Å². The van der Waals surface area contributed by atoms with Gasteiger partial charge in [-0.1, -0.05) is 25.7 Å². The lowest BCUT2D eigenvalue weighted by Crippen LogP contribution is -2.21. The van der Waals surface area contributed by atoms with Gasteiger partial charge in [0.05, 0.1) is 30.8 Å². The molecule has 0 radical (unpaired) electrons. The van der Waals surface area contributed by atoms with Crippen LogP contribution in [0.1, 0.15) is 51.9 Å². The molecule has 0 aliphatic carbocycles. The predicted octanol–water partition coefficient (Wildman–Crippen LogP) is 2.61. The Morgan fingerprint density at radius 2 is 2.06 bits per heavy atom. The minimum atomic E-state index is -0.668. The highest BCUT2D eigenvalue weighted by Crippen LogP contribution is 2.35. The molecule has 2 aliphatic rings. The van der Waals surface area contributed by atoms with E-state index in [0.717, 1.165) is 32.5 Å². The van der Waals surface area contributed by atoms with Crippen LogP contribution in [0.3, 0.4) is 0 Å². The van der Waals surface area contributed by atoms with Gasteiger partial charge in [0.15, 0.2) is 0 Å². The lowest BCUT2D eigenvalue weighted by atomic mass is 9.91. The Kier molecular flexibility index (Phi) is 4.62. The largest absolute Gasteiger partial charge is 0.481 e. The molecule has 3 atom stereocenters. The van der Waals surface area contributed by atoms with Crippen LogP contribution < -0.4 is 0 Å². The number of carbonyl (C=O) groups is 1. The van der Waals surface area contributed by atoms with Crippen LogP contribution in [0.2, 0.25) is 0 Å². The fourth-order valence-electron chi connectivity index (χ4n) is 2.43. The average molecular weight is 256 g/mol. The Hall–Kier alpha value is -0.610. The van der Waals surface area contributed by atoms with Gasteiger partial charge in [-0.3, -0.25) is 4.79 Å². The number of aliphatic carboxylic acids is 1.